The summed E-state index contributed by atoms with van der Waals surface area (Å²) >= 11 is 0. The predicted octanol–water partition coefficient (Wildman–Crippen LogP) is 1.20. The monoisotopic (exact) mass is 296 g/mol. The normalized spacial score (nSPS) is 25.4. The molecular weight excluding hydrogens is 284 g/mol. The first-order chi connectivity index (χ1) is 9.19. The van der Waals surface area contributed by atoms with Gasteiger partial charge in [0.2, 0.25) is 0 Å². The van der Waals surface area contributed by atoms with Crippen molar-refractivity contribution in [3.8, 4) is 5.75 Å². The molecule has 3 aliphatic rings. The highest BCUT2D eigenvalue weighted by molar-refractivity contribution is 8.77. The molecule has 1 aromatic rings. The molecule has 0 radical (unpaired) electrons. The van der Waals surface area contributed by atoms with Gasteiger partial charge in [0, 0.05) is 6.54 Å². The van der Waals surface area contributed by atoms with Crippen LogP contribution in [0, 0.1) is 0 Å². The van der Waals surface area contributed by atoms with Gasteiger partial charge in [0.1, 0.15) is 5.75 Å². The standard InChI is InChI=1S/C12H12N2O3S2/c1-17-8-4-2-7(3-5-8)6-14-11(16)10-13-9(15)12(14)19-18-10/h2-5,10,12H,6H2,1H3,(H,13,15). The molecule has 0 aromatic heterocycles. The fourth-order valence-electron chi connectivity index (χ4n) is 2.03. The van der Waals surface area contributed by atoms with Gasteiger partial charge in [-0.1, -0.05) is 33.7 Å². The number of nitrogens with one attached hydrogen (secondary N) is 1. The van der Waals surface area contributed by atoms with Crippen LogP contribution in [-0.4, -0.2) is 34.6 Å². The molecule has 2 unspecified atom stereocenters. The van der Waals surface area contributed by atoms with E-state index in [-0.39, 0.29) is 11.8 Å². The second kappa shape index (κ2) is 4.97. The van der Waals surface area contributed by atoms with E-state index in [9.17, 15) is 9.59 Å². The number of rotatable bonds is 3. The number of ether oxygens (including phenoxy) is 1. The van der Waals surface area contributed by atoms with Crippen LogP contribution in [0.3, 0.4) is 0 Å². The third-order valence-electron chi connectivity index (χ3n) is 3.04. The second-order valence-electron chi connectivity index (χ2n) is 4.25. The highest BCUT2D eigenvalue weighted by Gasteiger charge is 2.46. The van der Waals surface area contributed by atoms with Gasteiger partial charge in [-0.05, 0) is 17.7 Å². The molecule has 100 valence electrons. The van der Waals surface area contributed by atoms with Crippen molar-refractivity contribution in [1.82, 2.24) is 10.2 Å². The Labute approximate surface area is 118 Å². The van der Waals surface area contributed by atoms with Crippen molar-refractivity contribution in [1.29, 1.82) is 0 Å². The zero-order valence-electron chi connectivity index (χ0n) is 10.2. The predicted molar refractivity (Wildman–Crippen MR) is 74.4 cm³/mol. The highest BCUT2D eigenvalue weighted by atomic mass is 33.1. The zero-order valence-corrected chi connectivity index (χ0v) is 11.8. The number of carbonyl (C=O) groups excluding carboxylic acids is 2. The number of piperazine rings is 1. The number of benzene rings is 1. The summed E-state index contributed by atoms with van der Waals surface area (Å²) in [6.07, 6.45) is 0. The topological polar surface area (TPSA) is 58.6 Å². The van der Waals surface area contributed by atoms with E-state index in [2.05, 4.69) is 5.32 Å². The van der Waals surface area contributed by atoms with Crippen LogP contribution in [0.25, 0.3) is 0 Å². The van der Waals surface area contributed by atoms with Gasteiger partial charge >= 0.3 is 0 Å². The molecule has 2 bridgehead atoms. The summed E-state index contributed by atoms with van der Waals surface area (Å²) in [4.78, 5) is 25.5. The van der Waals surface area contributed by atoms with Crippen LogP contribution in [0.5, 0.6) is 5.75 Å². The lowest BCUT2D eigenvalue weighted by Gasteiger charge is -2.42. The molecule has 0 aliphatic carbocycles. The first-order valence-electron chi connectivity index (χ1n) is 5.75. The summed E-state index contributed by atoms with van der Waals surface area (Å²) in [6.45, 7) is 0.449. The SMILES string of the molecule is COc1ccc(CN2C(=O)C3NC(=O)C2SS3)cc1. The lowest BCUT2D eigenvalue weighted by molar-refractivity contribution is -0.143. The number of nitrogens with zero attached hydrogens (tertiary/aromatic N) is 1. The van der Waals surface area contributed by atoms with Gasteiger partial charge < -0.3 is 15.0 Å². The van der Waals surface area contributed by atoms with Crippen molar-refractivity contribution in [2.45, 2.75) is 17.3 Å². The van der Waals surface area contributed by atoms with Crippen LogP contribution in [0.4, 0.5) is 0 Å². The van der Waals surface area contributed by atoms with E-state index >= 15 is 0 Å². The molecule has 3 fully saturated rings. The van der Waals surface area contributed by atoms with Gasteiger partial charge in [-0.25, -0.2) is 0 Å². The van der Waals surface area contributed by atoms with Crippen LogP contribution >= 0.6 is 21.6 Å². The maximum atomic E-state index is 12.1. The van der Waals surface area contributed by atoms with Crippen LogP contribution in [-0.2, 0) is 16.1 Å². The lowest BCUT2D eigenvalue weighted by Crippen LogP contribution is -2.63. The van der Waals surface area contributed by atoms with E-state index in [0.717, 1.165) is 11.3 Å². The molecule has 2 amide bonds. The number of hydrogen-bond donors (Lipinski definition) is 1. The molecule has 4 rings (SSSR count). The van der Waals surface area contributed by atoms with Gasteiger partial charge in [0.15, 0.2) is 10.7 Å². The minimum absolute atomic E-state index is 0.0239. The summed E-state index contributed by atoms with van der Waals surface area (Å²) in [6, 6.07) is 7.52. The van der Waals surface area contributed by atoms with E-state index in [1.54, 1.807) is 12.0 Å². The Hall–Kier alpha value is -1.34. The van der Waals surface area contributed by atoms with Gasteiger partial charge in [-0.15, -0.1) is 0 Å². The number of carbonyl (C=O) groups is 2. The number of hydrogen-bond acceptors (Lipinski definition) is 5. The number of amides is 2. The minimum Gasteiger partial charge on any atom is -0.497 e. The largest absolute Gasteiger partial charge is 0.497 e. The summed E-state index contributed by atoms with van der Waals surface area (Å²) in [5.74, 6) is 0.670. The van der Waals surface area contributed by atoms with Crippen LogP contribution in [0.15, 0.2) is 24.3 Å². The summed E-state index contributed by atoms with van der Waals surface area (Å²) in [7, 11) is 4.48. The molecule has 5 nitrogen and oxygen atoms in total. The fourth-order valence-corrected chi connectivity index (χ4v) is 4.68. The fraction of sp³-hybridized carbons (Fsp3) is 0.333. The number of fused-ring (bicyclic) bond motifs is 3. The molecule has 1 N–H and O–H groups in total. The van der Waals surface area contributed by atoms with Gasteiger partial charge in [0.25, 0.3) is 11.8 Å². The third-order valence-corrected chi connectivity index (χ3v) is 5.77. The molecule has 3 saturated heterocycles. The zero-order chi connectivity index (χ0) is 13.4. The molecule has 2 atom stereocenters. The van der Waals surface area contributed by atoms with Crippen molar-refractivity contribution >= 4 is 33.4 Å². The van der Waals surface area contributed by atoms with Crippen molar-refractivity contribution in [3.63, 3.8) is 0 Å². The van der Waals surface area contributed by atoms with Crippen LogP contribution < -0.4 is 10.1 Å². The van der Waals surface area contributed by atoms with Gasteiger partial charge in [-0.3, -0.25) is 9.59 Å². The van der Waals surface area contributed by atoms with Crippen LogP contribution in [0.2, 0.25) is 0 Å². The lowest BCUT2D eigenvalue weighted by atomic mass is 10.2. The summed E-state index contributed by atoms with van der Waals surface area (Å²) in [5.41, 5.74) is 0.986. The summed E-state index contributed by atoms with van der Waals surface area (Å²) < 4.78 is 5.09. The van der Waals surface area contributed by atoms with Gasteiger partial charge in [-0.2, -0.15) is 0 Å². The van der Waals surface area contributed by atoms with Crippen molar-refractivity contribution < 1.29 is 14.3 Å². The molecule has 19 heavy (non-hydrogen) atoms. The van der Waals surface area contributed by atoms with E-state index in [1.165, 1.54) is 21.6 Å². The quantitative estimate of drug-likeness (QED) is 0.849. The van der Waals surface area contributed by atoms with Gasteiger partial charge in [0.05, 0.1) is 7.11 Å². The van der Waals surface area contributed by atoms with E-state index in [4.69, 9.17) is 4.74 Å². The Kier molecular flexibility index (Phi) is 3.32. The Bertz CT molecular complexity index is 520. The highest BCUT2D eigenvalue weighted by Crippen LogP contribution is 2.42. The first-order valence-corrected chi connectivity index (χ1v) is 8.02. The Morgan fingerprint density at radius 2 is 2.00 bits per heavy atom. The van der Waals surface area contributed by atoms with E-state index in [0.29, 0.717) is 6.54 Å². The molecule has 0 spiro atoms. The summed E-state index contributed by atoms with van der Waals surface area (Å²) in [5, 5.41) is 1.82. The Balaban J connectivity index is 1.78. The average Bonchev–Trinajstić information content (AvgIpc) is 2.44. The molecule has 0 saturated carbocycles. The maximum Gasteiger partial charge on any atom is 0.258 e. The van der Waals surface area contributed by atoms with Crippen molar-refractivity contribution in [2.75, 3.05) is 7.11 Å². The molecule has 7 heteroatoms. The average molecular weight is 296 g/mol. The third kappa shape index (κ3) is 2.28. The Morgan fingerprint density at radius 1 is 1.26 bits per heavy atom. The molecule has 1 aromatic carbocycles. The minimum atomic E-state index is -0.444. The molecule has 3 heterocycles. The number of methoxy groups -OCH3 is 1. The van der Waals surface area contributed by atoms with E-state index in [1.807, 2.05) is 24.3 Å². The second-order valence-corrected chi connectivity index (χ2v) is 6.71. The Morgan fingerprint density at radius 3 is 2.63 bits per heavy atom. The van der Waals surface area contributed by atoms with Crippen molar-refractivity contribution in [3.05, 3.63) is 29.8 Å². The van der Waals surface area contributed by atoms with Crippen molar-refractivity contribution in [2.24, 2.45) is 0 Å². The maximum absolute atomic E-state index is 12.1. The molecular formula is C12H12N2O3S2. The molecule has 3 aliphatic heterocycles. The van der Waals surface area contributed by atoms with E-state index < -0.39 is 10.7 Å². The van der Waals surface area contributed by atoms with Crippen LogP contribution in [0.1, 0.15) is 5.56 Å². The first kappa shape index (κ1) is 12.7. The smallest absolute Gasteiger partial charge is 0.258 e.